The normalized spacial score (nSPS) is 9.56. The van der Waals surface area contributed by atoms with E-state index in [4.69, 9.17) is 10.2 Å². The minimum atomic E-state index is -3.00. The molecule has 0 radical (unpaired) electrons. The molecule has 8 heteroatoms. The Hall–Kier alpha value is -0.890. The summed E-state index contributed by atoms with van der Waals surface area (Å²) in [5, 5.41) is 17.2. The van der Waals surface area contributed by atoms with E-state index in [0.717, 1.165) is 18.2 Å². The van der Waals surface area contributed by atoms with Gasteiger partial charge in [-0.3, -0.25) is 0 Å². The Morgan fingerprint density at radius 2 is 1.31 bits per heavy atom. The maximum atomic E-state index is 10.6. The molecule has 0 aliphatic rings. The molecule has 0 saturated heterocycles. The molecule has 6 nitrogen and oxygen atoms in total. The van der Waals surface area contributed by atoms with Crippen LogP contribution in [-0.2, 0) is 10.7 Å². The topological polar surface area (TPSA) is 109 Å². The second kappa shape index (κ2) is 6.00. The quantitative estimate of drug-likeness (QED) is 0.491. The van der Waals surface area contributed by atoms with Crippen LogP contribution >= 0.6 is 0 Å². The second-order valence-electron chi connectivity index (χ2n) is 2.64. The molecule has 0 aromatic heterocycles. The van der Waals surface area contributed by atoms with Crippen molar-refractivity contribution in [2.24, 2.45) is 0 Å². The summed E-state index contributed by atoms with van der Waals surface area (Å²) in [5.41, 5.74) is -0.742. The number of hydrogen-bond donors (Lipinski definition) is 3. The van der Waals surface area contributed by atoms with Gasteiger partial charge in [0, 0.05) is 0 Å². The van der Waals surface area contributed by atoms with Crippen LogP contribution in [-0.4, -0.2) is 60.1 Å². The fraction of sp³-hybridized carbons (Fsp3) is 0. The number of benzene rings is 1. The minimum absolute atomic E-state index is 0. The summed E-state index contributed by atoms with van der Waals surface area (Å²) in [6.07, 6.45) is 0. The molecule has 0 saturated carbocycles. The molecule has 1 aromatic rings. The van der Waals surface area contributed by atoms with Crippen molar-refractivity contribution in [3.8, 4) is 0 Å². The van der Waals surface area contributed by atoms with Crippen molar-refractivity contribution < 1.29 is 28.2 Å². The summed E-state index contributed by atoms with van der Waals surface area (Å²) in [4.78, 5) is 20.8. The van der Waals surface area contributed by atoms with Gasteiger partial charge < -0.3 is 10.2 Å². The van der Waals surface area contributed by atoms with E-state index >= 15 is 0 Å². The van der Waals surface area contributed by atoms with Gasteiger partial charge in [-0.15, -0.1) is 0 Å². The van der Waals surface area contributed by atoms with Gasteiger partial charge in [0.05, 0.1) is 16.0 Å². The first-order chi connectivity index (χ1) is 6.91. The van der Waals surface area contributed by atoms with Gasteiger partial charge in [-0.1, -0.05) is 0 Å². The number of aromatic carboxylic acids is 2. The summed E-state index contributed by atoms with van der Waals surface area (Å²) in [6, 6.07) is 2.70. The van der Waals surface area contributed by atoms with Crippen LogP contribution in [0.2, 0.25) is 0 Å². The average molecular weight is 254 g/mol. The van der Waals surface area contributed by atoms with Gasteiger partial charge in [0.25, 0.3) is 0 Å². The molecule has 1 aromatic carbocycles. The monoisotopic (exact) mass is 254 g/mol. The van der Waals surface area contributed by atoms with E-state index < -0.39 is 22.6 Å². The predicted molar refractivity (Wildman–Crippen MR) is 56.1 cm³/mol. The van der Waals surface area contributed by atoms with E-state index in [2.05, 4.69) is 0 Å². The molecule has 1 rings (SSSR count). The van der Waals surface area contributed by atoms with E-state index in [9.17, 15) is 18.0 Å². The van der Waals surface area contributed by atoms with Crippen molar-refractivity contribution in [2.75, 3.05) is 0 Å². The molecule has 0 bridgehead atoms. The molecule has 0 unspecified atom stereocenters. The summed E-state index contributed by atoms with van der Waals surface area (Å²) >= 11 is 0. The van der Waals surface area contributed by atoms with Gasteiger partial charge >= 0.3 is 41.5 Å². The fourth-order valence-electron chi connectivity index (χ4n) is 0.964. The van der Waals surface area contributed by atoms with Crippen LogP contribution in [0, 0.1) is 0 Å². The van der Waals surface area contributed by atoms with Crippen LogP contribution in [0.4, 0.5) is 0 Å². The first-order valence-electron chi connectivity index (χ1n) is 3.68. The van der Waals surface area contributed by atoms with Crippen LogP contribution in [0.3, 0.4) is 0 Å². The number of thiol groups is 1. The number of carboxylic acids is 2. The SMILES string of the molecule is O=C(O)c1cc(C(=O)O)cc([SH](=O)=O)c1.[NaH]. The first-order valence-corrected chi connectivity index (χ1v) is 4.85. The van der Waals surface area contributed by atoms with Gasteiger partial charge in [-0.05, 0) is 18.2 Å². The van der Waals surface area contributed by atoms with Crippen molar-refractivity contribution in [1.82, 2.24) is 0 Å². The third kappa shape index (κ3) is 3.60. The Balaban J connectivity index is 0.00000225. The molecule has 0 aliphatic carbocycles. The summed E-state index contributed by atoms with van der Waals surface area (Å²) < 4.78 is 21.2. The summed E-state index contributed by atoms with van der Waals surface area (Å²) in [5.74, 6) is -2.76. The van der Waals surface area contributed by atoms with Crippen LogP contribution < -0.4 is 0 Å². The molecule has 0 amide bonds. The first kappa shape index (κ1) is 15.1. The molecule has 2 N–H and O–H groups in total. The van der Waals surface area contributed by atoms with Gasteiger partial charge in [0.1, 0.15) is 0 Å². The molecule has 0 aliphatic heterocycles. The van der Waals surface area contributed by atoms with Gasteiger partial charge in [0.2, 0.25) is 0 Å². The Labute approximate surface area is 114 Å². The van der Waals surface area contributed by atoms with E-state index in [1.807, 2.05) is 0 Å². The number of carbonyl (C=O) groups is 2. The molecular weight excluding hydrogens is 247 g/mol. The van der Waals surface area contributed by atoms with Crippen LogP contribution in [0.1, 0.15) is 20.7 Å². The number of hydrogen-bond acceptors (Lipinski definition) is 4. The van der Waals surface area contributed by atoms with Crippen LogP contribution in [0.25, 0.3) is 0 Å². The Morgan fingerprint density at radius 3 is 1.56 bits per heavy atom. The van der Waals surface area contributed by atoms with Gasteiger partial charge in [-0.25, -0.2) is 18.0 Å². The fourth-order valence-corrected chi connectivity index (χ4v) is 1.45. The molecule has 16 heavy (non-hydrogen) atoms. The molecular formula is C8H7NaO6S. The van der Waals surface area contributed by atoms with Crippen molar-refractivity contribution in [1.29, 1.82) is 0 Å². The van der Waals surface area contributed by atoms with Crippen molar-refractivity contribution in [2.45, 2.75) is 4.90 Å². The summed E-state index contributed by atoms with van der Waals surface area (Å²) in [6.45, 7) is 0. The second-order valence-corrected chi connectivity index (χ2v) is 3.67. The van der Waals surface area contributed by atoms with E-state index in [-0.39, 0.29) is 45.6 Å². The van der Waals surface area contributed by atoms with E-state index in [0.29, 0.717) is 0 Å². The zero-order chi connectivity index (χ0) is 11.6. The zero-order valence-electron chi connectivity index (χ0n) is 7.21. The van der Waals surface area contributed by atoms with Crippen molar-refractivity contribution in [3.63, 3.8) is 0 Å². The third-order valence-electron chi connectivity index (χ3n) is 1.62. The molecule has 0 fully saturated rings. The Bertz CT molecular complexity index is 467. The Kier molecular flexibility index (Phi) is 5.66. The van der Waals surface area contributed by atoms with Gasteiger partial charge in [-0.2, -0.15) is 0 Å². The predicted octanol–water partition coefficient (Wildman–Crippen LogP) is -0.595. The number of rotatable bonds is 3. The summed E-state index contributed by atoms with van der Waals surface area (Å²) in [7, 11) is -3.00. The molecule has 0 atom stereocenters. The number of carboxylic acid groups (broad SMARTS) is 2. The van der Waals surface area contributed by atoms with Gasteiger partial charge in [0.15, 0.2) is 10.7 Å². The van der Waals surface area contributed by atoms with E-state index in [1.165, 1.54) is 0 Å². The van der Waals surface area contributed by atoms with Crippen LogP contribution in [0.5, 0.6) is 0 Å². The van der Waals surface area contributed by atoms with E-state index in [1.54, 1.807) is 0 Å². The van der Waals surface area contributed by atoms with Crippen molar-refractivity contribution >= 4 is 52.2 Å². The maximum absolute atomic E-state index is 10.6. The Morgan fingerprint density at radius 1 is 0.938 bits per heavy atom. The van der Waals surface area contributed by atoms with Crippen molar-refractivity contribution in [3.05, 3.63) is 29.3 Å². The average Bonchev–Trinajstić information content (AvgIpc) is 2.16. The zero-order valence-corrected chi connectivity index (χ0v) is 8.10. The molecule has 0 heterocycles. The molecule has 82 valence electrons. The van der Waals surface area contributed by atoms with Crippen LogP contribution in [0.15, 0.2) is 23.1 Å². The third-order valence-corrected chi connectivity index (χ3v) is 2.30. The molecule has 0 spiro atoms. The standard InChI is InChI=1S/C8H6O6S.Na.H/c9-7(10)4-1-5(8(11)12)3-6(2-4)15(13)14;;/h1-3,15H,(H,9,10)(H,11,12);;.